The second-order valence-electron chi connectivity index (χ2n) is 5.59. The van der Waals surface area contributed by atoms with Gasteiger partial charge < -0.3 is 4.90 Å². The Balaban J connectivity index is 1.58. The first kappa shape index (κ1) is 12.5. The highest BCUT2D eigenvalue weighted by Gasteiger charge is 2.26. The van der Waals surface area contributed by atoms with Crippen molar-refractivity contribution in [2.75, 3.05) is 13.1 Å². The number of rotatable bonds is 3. The molecule has 2 aliphatic rings. The van der Waals surface area contributed by atoms with Gasteiger partial charge in [0.15, 0.2) is 0 Å². The zero-order valence-corrected chi connectivity index (χ0v) is 11.2. The van der Waals surface area contributed by atoms with Gasteiger partial charge in [-0.05, 0) is 37.7 Å². The Labute approximate surface area is 114 Å². The molecule has 0 bridgehead atoms. The number of piperidine rings is 1. The number of carbonyl (C=O) groups is 1. The highest BCUT2D eigenvalue weighted by molar-refractivity contribution is 5.76. The molecule has 3 rings (SSSR count). The third kappa shape index (κ3) is 2.88. The third-order valence-electron chi connectivity index (χ3n) is 4.20. The molecule has 0 saturated carbocycles. The van der Waals surface area contributed by atoms with Crippen LogP contribution in [0.25, 0.3) is 0 Å². The molecule has 1 aliphatic carbocycles. The molecule has 1 fully saturated rings. The summed E-state index contributed by atoms with van der Waals surface area (Å²) in [5.41, 5.74) is 0. The first-order chi connectivity index (χ1) is 9.33. The second kappa shape index (κ2) is 5.59. The molecule has 19 heavy (non-hydrogen) atoms. The van der Waals surface area contributed by atoms with E-state index in [2.05, 4.69) is 17.3 Å². The Bertz CT molecular complexity index is 452. The van der Waals surface area contributed by atoms with Crippen LogP contribution in [0.1, 0.15) is 38.1 Å². The highest BCUT2D eigenvalue weighted by atomic mass is 16.2. The number of carbonyl (C=O) groups excluding carboxylic acids is 1. The molecule has 1 aromatic rings. The van der Waals surface area contributed by atoms with Crippen LogP contribution in [0.2, 0.25) is 0 Å². The van der Waals surface area contributed by atoms with Crippen molar-refractivity contribution in [1.29, 1.82) is 0 Å². The van der Waals surface area contributed by atoms with Crippen LogP contribution >= 0.6 is 0 Å². The fourth-order valence-corrected chi connectivity index (χ4v) is 3.11. The van der Waals surface area contributed by atoms with Gasteiger partial charge in [0, 0.05) is 31.9 Å². The molecule has 1 aliphatic heterocycles. The maximum absolute atomic E-state index is 12.3. The third-order valence-corrected chi connectivity index (χ3v) is 4.20. The molecule has 0 unspecified atom stereocenters. The van der Waals surface area contributed by atoms with Gasteiger partial charge in [0.1, 0.15) is 0 Å². The minimum atomic E-state index is 0.313. The van der Waals surface area contributed by atoms with E-state index < -0.39 is 0 Å². The zero-order chi connectivity index (χ0) is 13.1. The fraction of sp³-hybridized carbons (Fsp3) is 0.600. The highest BCUT2D eigenvalue weighted by Crippen LogP contribution is 2.25. The monoisotopic (exact) mass is 259 g/mol. The molecule has 1 amide bonds. The summed E-state index contributed by atoms with van der Waals surface area (Å²) in [6.07, 6.45) is 13.4. The maximum Gasteiger partial charge on any atom is 0.223 e. The molecular formula is C15H21N3O. The lowest BCUT2D eigenvalue weighted by molar-refractivity contribution is -0.133. The number of nitrogens with zero attached hydrogens (tertiary/aromatic N) is 3. The molecule has 2 heterocycles. The van der Waals surface area contributed by atoms with E-state index in [0.717, 1.165) is 38.8 Å². The Kier molecular flexibility index (Phi) is 3.67. The average molecular weight is 259 g/mol. The normalized spacial score (nSPS) is 26.8. The molecular weight excluding hydrogens is 238 g/mol. The Morgan fingerprint density at radius 1 is 1.37 bits per heavy atom. The van der Waals surface area contributed by atoms with Crippen molar-refractivity contribution < 1.29 is 4.79 Å². The Hall–Kier alpha value is -1.58. The smallest absolute Gasteiger partial charge is 0.223 e. The van der Waals surface area contributed by atoms with Crippen molar-refractivity contribution in [1.82, 2.24) is 14.7 Å². The summed E-state index contributed by atoms with van der Waals surface area (Å²) in [5.74, 6) is 0.783. The molecule has 0 radical (unpaired) electrons. The van der Waals surface area contributed by atoms with Crippen molar-refractivity contribution >= 4 is 5.91 Å². The first-order valence-electron chi connectivity index (χ1n) is 7.26. The first-order valence-corrected chi connectivity index (χ1v) is 7.26. The standard InChI is InChI=1S/C15H21N3O/c19-15(11-13-5-1-2-6-13)17-9-3-7-14(12-17)18-10-4-8-16-18/h1,4-5,8,10,13-14H,2-3,6-7,9,11-12H2/t13-,14-/m0/s1. The van der Waals surface area contributed by atoms with Crippen LogP contribution in [0.4, 0.5) is 0 Å². The van der Waals surface area contributed by atoms with Crippen LogP contribution in [0.15, 0.2) is 30.6 Å². The zero-order valence-electron chi connectivity index (χ0n) is 11.2. The molecule has 2 atom stereocenters. The summed E-state index contributed by atoms with van der Waals surface area (Å²) in [6, 6.07) is 2.30. The van der Waals surface area contributed by atoms with Crippen LogP contribution in [0, 0.1) is 5.92 Å². The lowest BCUT2D eigenvalue weighted by Crippen LogP contribution is -2.41. The van der Waals surface area contributed by atoms with Gasteiger partial charge in [0.05, 0.1) is 6.04 Å². The molecule has 0 spiro atoms. The number of hydrogen-bond acceptors (Lipinski definition) is 2. The minimum absolute atomic E-state index is 0.313. The van der Waals surface area contributed by atoms with E-state index in [0.29, 0.717) is 24.3 Å². The molecule has 102 valence electrons. The van der Waals surface area contributed by atoms with Gasteiger partial charge in [-0.3, -0.25) is 9.48 Å². The van der Waals surface area contributed by atoms with E-state index in [4.69, 9.17) is 0 Å². The summed E-state index contributed by atoms with van der Waals surface area (Å²) in [5, 5.41) is 4.30. The van der Waals surface area contributed by atoms with E-state index >= 15 is 0 Å². The Morgan fingerprint density at radius 2 is 2.32 bits per heavy atom. The van der Waals surface area contributed by atoms with Crippen LogP contribution in [0.5, 0.6) is 0 Å². The quantitative estimate of drug-likeness (QED) is 0.782. The van der Waals surface area contributed by atoms with Gasteiger partial charge in [0.2, 0.25) is 5.91 Å². The van der Waals surface area contributed by atoms with Gasteiger partial charge in [-0.15, -0.1) is 0 Å². The predicted octanol–water partition coefficient (Wildman–Crippen LogP) is 2.40. The SMILES string of the molecule is O=C(C[C@H]1C=CCC1)N1CCC[C@H](n2cccn2)C1. The lowest BCUT2D eigenvalue weighted by atomic mass is 10.0. The topological polar surface area (TPSA) is 38.1 Å². The van der Waals surface area contributed by atoms with Crippen LogP contribution in [-0.2, 0) is 4.79 Å². The van der Waals surface area contributed by atoms with Gasteiger partial charge in [0.25, 0.3) is 0 Å². The number of allylic oxidation sites excluding steroid dienone is 2. The minimum Gasteiger partial charge on any atom is -0.341 e. The predicted molar refractivity (Wildman–Crippen MR) is 73.6 cm³/mol. The fourth-order valence-electron chi connectivity index (χ4n) is 3.11. The summed E-state index contributed by atoms with van der Waals surface area (Å²) in [6.45, 7) is 1.73. The van der Waals surface area contributed by atoms with Gasteiger partial charge in [-0.25, -0.2) is 0 Å². The maximum atomic E-state index is 12.3. The number of amides is 1. The van der Waals surface area contributed by atoms with Crippen molar-refractivity contribution in [3.05, 3.63) is 30.6 Å². The van der Waals surface area contributed by atoms with Crippen molar-refractivity contribution in [2.24, 2.45) is 5.92 Å². The largest absolute Gasteiger partial charge is 0.341 e. The molecule has 0 aromatic carbocycles. The summed E-state index contributed by atoms with van der Waals surface area (Å²) in [4.78, 5) is 14.4. The van der Waals surface area contributed by atoms with E-state index in [1.807, 2.05) is 28.0 Å². The molecule has 0 N–H and O–H groups in total. The van der Waals surface area contributed by atoms with Crippen LogP contribution in [-0.4, -0.2) is 33.7 Å². The number of likely N-dealkylation sites (tertiary alicyclic amines) is 1. The molecule has 4 heteroatoms. The summed E-state index contributed by atoms with van der Waals surface area (Å²) >= 11 is 0. The summed E-state index contributed by atoms with van der Waals surface area (Å²) < 4.78 is 1.99. The van der Waals surface area contributed by atoms with Gasteiger partial charge >= 0.3 is 0 Å². The van der Waals surface area contributed by atoms with Gasteiger partial charge in [-0.1, -0.05) is 12.2 Å². The lowest BCUT2D eigenvalue weighted by Gasteiger charge is -2.33. The number of aromatic nitrogens is 2. The summed E-state index contributed by atoms with van der Waals surface area (Å²) in [7, 11) is 0. The Morgan fingerprint density at radius 3 is 3.05 bits per heavy atom. The van der Waals surface area contributed by atoms with Crippen LogP contribution < -0.4 is 0 Å². The van der Waals surface area contributed by atoms with Crippen molar-refractivity contribution in [3.8, 4) is 0 Å². The molecule has 4 nitrogen and oxygen atoms in total. The van der Waals surface area contributed by atoms with Gasteiger partial charge in [-0.2, -0.15) is 5.10 Å². The van der Waals surface area contributed by atoms with Crippen LogP contribution in [0.3, 0.4) is 0 Å². The molecule has 1 aromatic heterocycles. The number of hydrogen-bond donors (Lipinski definition) is 0. The molecule has 1 saturated heterocycles. The van der Waals surface area contributed by atoms with Crippen molar-refractivity contribution in [2.45, 2.75) is 38.1 Å². The van der Waals surface area contributed by atoms with E-state index in [-0.39, 0.29) is 0 Å². The second-order valence-corrected chi connectivity index (χ2v) is 5.59. The van der Waals surface area contributed by atoms with Crippen molar-refractivity contribution in [3.63, 3.8) is 0 Å². The van der Waals surface area contributed by atoms with E-state index in [1.165, 1.54) is 0 Å². The van der Waals surface area contributed by atoms with E-state index in [9.17, 15) is 4.79 Å². The van der Waals surface area contributed by atoms with E-state index in [1.54, 1.807) is 0 Å². The average Bonchev–Trinajstić information content (AvgIpc) is 3.12.